The maximum Gasteiger partial charge on any atom is 0.416 e. The zero-order valence-corrected chi connectivity index (χ0v) is 29.9. The fourth-order valence-corrected chi connectivity index (χ4v) is 6.44. The summed E-state index contributed by atoms with van der Waals surface area (Å²) in [5.74, 6) is -0.614. The predicted octanol–water partition coefficient (Wildman–Crippen LogP) is 9.48. The summed E-state index contributed by atoms with van der Waals surface area (Å²) in [4.78, 5) is 35.1. The number of benzene rings is 4. The Balaban J connectivity index is 1.08. The number of hydrogen-bond donors (Lipinski definition) is 2. The molecule has 4 heterocycles. The first kappa shape index (κ1) is 37.6. The molecular formula is C42H28F6N8O2. The molecule has 0 bridgehead atoms. The Morgan fingerprint density at radius 3 is 1.74 bits per heavy atom. The molecular weight excluding hydrogens is 763 g/mol. The number of hydrogen-bond acceptors (Lipinski definition) is 6. The van der Waals surface area contributed by atoms with Crippen molar-refractivity contribution in [3.63, 3.8) is 0 Å². The Morgan fingerprint density at radius 1 is 0.569 bits per heavy atom. The summed E-state index contributed by atoms with van der Waals surface area (Å²) >= 11 is 0. The van der Waals surface area contributed by atoms with E-state index in [4.69, 9.17) is 0 Å². The number of aromatic nitrogens is 6. The number of pyridine rings is 2. The molecule has 8 aromatic rings. The predicted molar refractivity (Wildman–Crippen MR) is 204 cm³/mol. The van der Waals surface area contributed by atoms with Gasteiger partial charge in [-0.15, -0.1) is 0 Å². The van der Waals surface area contributed by atoms with Gasteiger partial charge in [-0.3, -0.25) is 28.9 Å². The van der Waals surface area contributed by atoms with Gasteiger partial charge in [0, 0.05) is 29.4 Å². The zero-order chi connectivity index (χ0) is 40.6. The number of amides is 2. The third kappa shape index (κ3) is 7.84. The summed E-state index contributed by atoms with van der Waals surface area (Å²) in [7, 11) is 0. The highest BCUT2D eigenvalue weighted by molar-refractivity contribution is 6.09. The van der Waals surface area contributed by atoms with Crippen molar-refractivity contribution < 1.29 is 35.9 Å². The second-order valence-corrected chi connectivity index (χ2v) is 13.2. The van der Waals surface area contributed by atoms with E-state index in [9.17, 15) is 35.9 Å². The number of carbonyl (C=O) groups is 2. The topological polar surface area (TPSA) is 120 Å². The smallest absolute Gasteiger partial charge is 0.305 e. The van der Waals surface area contributed by atoms with E-state index in [0.29, 0.717) is 44.1 Å². The van der Waals surface area contributed by atoms with Gasteiger partial charge in [0.2, 0.25) is 0 Å². The highest BCUT2D eigenvalue weighted by Gasteiger charge is 2.31. The van der Waals surface area contributed by atoms with Crippen LogP contribution >= 0.6 is 0 Å². The zero-order valence-electron chi connectivity index (χ0n) is 29.9. The van der Waals surface area contributed by atoms with Crippen LogP contribution in [0.4, 0.5) is 38.0 Å². The minimum absolute atomic E-state index is 0.0575. The molecule has 8 rings (SSSR count). The fraction of sp³-hybridized carbons (Fsp3) is 0.0952. The summed E-state index contributed by atoms with van der Waals surface area (Å²) in [6.07, 6.45) is -4.55. The molecule has 0 aliphatic heterocycles. The second-order valence-electron chi connectivity index (χ2n) is 13.2. The van der Waals surface area contributed by atoms with Gasteiger partial charge in [-0.05, 0) is 95.1 Å². The van der Waals surface area contributed by atoms with Gasteiger partial charge in [0.05, 0.1) is 40.8 Å². The minimum atomic E-state index is -4.48. The van der Waals surface area contributed by atoms with E-state index in [2.05, 4.69) is 30.8 Å². The van der Waals surface area contributed by atoms with E-state index in [1.807, 2.05) is 0 Å². The fourth-order valence-electron chi connectivity index (χ4n) is 6.44. The Hall–Kier alpha value is -7.36. The summed E-state index contributed by atoms with van der Waals surface area (Å²) in [5, 5.41) is 16.0. The minimum Gasteiger partial charge on any atom is -0.305 e. The molecule has 0 unspecified atom stereocenters. The van der Waals surface area contributed by atoms with Crippen LogP contribution in [-0.4, -0.2) is 41.3 Å². The molecule has 58 heavy (non-hydrogen) atoms. The van der Waals surface area contributed by atoms with E-state index in [1.165, 1.54) is 42.9 Å². The molecule has 4 aromatic carbocycles. The molecule has 10 nitrogen and oxygen atoms in total. The number of halogens is 6. The van der Waals surface area contributed by atoms with Crippen LogP contribution in [0.25, 0.3) is 32.9 Å². The van der Waals surface area contributed by atoms with Crippen LogP contribution in [0.15, 0.2) is 134 Å². The van der Waals surface area contributed by atoms with Gasteiger partial charge in [-0.25, -0.2) is 0 Å². The summed E-state index contributed by atoms with van der Waals surface area (Å²) in [5.41, 5.74) is 2.40. The molecule has 2 amide bonds. The Bertz CT molecular complexity index is 2800. The summed E-state index contributed by atoms with van der Waals surface area (Å²) in [6, 6.07) is 28.4. The van der Waals surface area contributed by atoms with Gasteiger partial charge >= 0.3 is 12.4 Å². The van der Waals surface area contributed by atoms with E-state index in [0.717, 1.165) is 24.3 Å². The van der Waals surface area contributed by atoms with Crippen molar-refractivity contribution in [2.75, 3.05) is 10.6 Å². The Kier molecular flexibility index (Phi) is 9.68. The molecule has 0 atom stereocenters. The number of alkyl halides is 6. The standard InChI is InChI=1S/C42H28F6N8O2/c43-41(44,45)30-12-7-25(8-13-30)23-55-35-6-2-1-5-32(35)37(53-55)52-40(58)34-21-28(17-19-50-34)27-11-16-36-33(20-27)38(51-39(57)29-4-3-18-49-22-29)54-56(36)24-26-9-14-31(15-10-26)42(46,47)48/h1-22H,23-24H2,(H,51,54,57)(H,52,53,58). The number of anilines is 2. The van der Waals surface area contributed by atoms with Crippen molar-refractivity contribution >= 4 is 45.3 Å². The molecule has 0 radical (unpaired) electrons. The molecule has 0 spiro atoms. The lowest BCUT2D eigenvalue weighted by molar-refractivity contribution is -0.138. The number of carbonyl (C=O) groups excluding carboxylic acids is 2. The lowest BCUT2D eigenvalue weighted by Crippen LogP contribution is -2.14. The highest BCUT2D eigenvalue weighted by Crippen LogP contribution is 2.33. The van der Waals surface area contributed by atoms with Crippen molar-refractivity contribution in [1.82, 2.24) is 29.5 Å². The normalized spacial score (nSPS) is 11.9. The van der Waals surface area contributed by atoms with Crippen LogP contribution in [0.5, 0.6) is 0 Å². The number of para-hydroxylation sites is 1. The van der Waals surface area contributed by atoms with Crippen molar-refractivity contribution in [1.29, 1.82) is 0 Å². The van der Waals surface area contributed by atoms with Crippen molar-refractivity contribution in [3.05, 3.63) is 167 Å². The average Bonchev–Trinajstić information content (AvgIpc) is 3.73. The first-order valence-corrected chi connectivity index (χ1v) is 17.6. The largest absolute Gasteiger partial charge is 0.416 e. The SMILES string of the molecule is O=C(Nc1nn(Cc2ccc(C(F)(F)F)cc2)c2ccc(-c3ccnc(C(=O)Nc4nn(Cc5ccc(C(F)(F)F)cc5)c5ccccc45)c3)cc12)c1cccnc1. The number of nitrogens with one attached hydrogen (secondary N) is 2. The third-order valence-corrected chi connectivity index (χ3v) is 9.35. The number of rotatable bonds is 9. The average molecular weight is 791 g/mol. The van der Waals surface area contributed by atoms with E-state index < -0.39 is 35.3 Å². The van der Waals surface area contributed by atoms with Gasteiger partial charge in [0.1, 0.15) is 5.69 Å². The maximum absolute atomic E-state index is 13.7. The second kappa shape index (κ2) is 14.9. The Morgan fingerprint density at radius 2 is 1.14 bits per heavy atom. The molecule has 0 aliphatic carbocycles. The van der Waals surface area contributed by atoms with Crippen LogP contribution < -0.4 is 10.6 Å². The van der Waals surface area contributed by atoms with E-state index in [1.54, 1.807) is 76.1 Å². The first-order valence-electron chi connectivity index (χ1n) is 17.6. The van der Waals surface area contributed by atoms with Crippen molar-refractivity contribution in [2.24, 2.45) is 0 Å². The molecule has 0 aliphatic rings. The maximum atomic E-state index is 13.7. The van der Waals surface area contributed by atoms with Crippen molar-refractivity contribution in [3.8, 4) is 11.1 Å². The molecule has 4 aromatic heterocycles. The number of nitrogens with zero attached hydrogens (tertiary/aromatic N) is 6. The molecule has 2 N–H and O–H groups in total. The summed E-state index contributed by atoms with van der Waals surface area (Å²) in [6.45, 7) is 0.251. The third-order valence-electron chi connectivity index (χ3n) is 9.35. The number of fused-ring (bicyclic) bond motifs is 2. The lowest BCUT2D eigenvalue weighted by atomic mass is 10.0. The molecule has 0 saturated heterocycles. The first-order chi connectivity index (χ1) is 27.8. The van der Waals surface area contributed by atoms with Gasteiger partial charge in [-0.2, -0.15) is 36.5 Å². The van der Waals surface area contributed by atoms with Crippen LogP contribution in [0.3, 0.4) is 0 Å². The molecule has 0 fully saturated rings. The Labute approximate surface area is 324 Å². The quantitative estimate of drug-likeness (QED) is 0.141. The monoisotopic (exact) mass is 790 g/mol. The van der Waals surface area contributed by atoms with E-state index >= 15 is 0 Å². The van der Waals surface area contributed by atoms with Gasteiger partial charge < -0.3 is 10.6 Å². The van der Waals surface area contributed by atoms with Crippen LogP contribution in [0.2, 0.25) is 0 Å². The lowest BCUT2D eigenvalue weighted by Gasteiger charge is -2.09. The highest BCUT2D eigenvalue weighted by atomic mass is 19.4. The molecule has 290 valence electrons. The van der Waals surface area contributed by atoms with Crippen LogP contribution in [0, 0.1) is 0 Å². The van der Waals surface area contributed by atoms with Crippen LogP contribution in [-0.2, 0) is 25.4 Å². The van der Waals surface area contributed by atoms with Gasteiger partial charge in [0.15, 0.2) is 11.6 Å². The van der Waals surface area contributed by atoms with Gasteiger partial charge in [0.25, 0.3) is 11.8 Å². The van der Waals surface area contributed by atoms with Gasteiger partial charge in [-0.1, -0.05) is 42.5 Å². The molecule has 16 heteroatoms. The summed E-state index contributed by atoms with van der Waals surface area (Å²) < 4.78 is 82.1. The van der Waals surface area contributed by atoms with Crippen LogP contribution in [0.1, 0.15) is 43.1 Å². The van der Waals surface area contributed by atoms with E-state index in [-0.39, 0.29) is 36.0 Å². The molecule has 0 saturated carbocycles. The van der Waals surface area contributed by atoms with Crippen molar-refractivity contribution in [2.45, 2.75) is 25.4 Å².